The molecule has 118 valence electrons. The van der Waals surface area contributed by atoms with Gasteiger partial charge in [-0.2, -0.15) is 0 Å². The monoisotopic (exact) mass is 294 g/mol. The number of aliphatic hydroxyl groups excluding tert-OH is 4. The number of hydrogen-bond acceptors (Lipinski definition) is 7. The molecule has 1 rings (SSSR count). The van der Waals surface area contributed by atoms with Gasteiger partial charge in [-0.3, -0.25) is 4.79 Å². The Morgan fingerprint density at radius 2 is 1.75 bits per heavy atom. The van der Waals surface area contributed by atoms with Crippen LogP contribution in [0, 0.1) is 0 Å². The minimum absolute atomic E-state index is 0.0973. The summed E-state index contributed by atoms with van der Waals surface area (Å²) >= 11 is 0. The van der Waals surface area contributed by atoms with Crippen LogP contribution in [0.15, 0.2) is 0 Å². The lowest BCUT2D eigenvalue weighted by molar-refractivity contribution is -0.301. The third kappa shape index (κ3) is 4.97. The molecule has 0 bridgehead atoms. The van der Waals surface area contributed by atoms with Gasteiger partial charge in [-0.05, 0) is 12.8 Å². The number of carboxylic acid groups (broad SMARTS) is 1. The van der Waals surface area contributed by atoms with Gasteiger partial charge in [0.2, 0.25) is 0 Å². The highest BCUT2D eigenvalue weighted by Crippen LogP contribution is 2.22. The number of hydrogen-bond donors (Lipinski definition) is 5. The molecular weight excluding hydrogens is 272 g/mol. The molecule has 0 amide bonds. The maximum absolute atomic E-state index is 10.3. The standard InChI is InChI=1S/C12H22O8/c13-6-7-9(16)10(17)11(18)12(20-7)19-5-3-1-2-4-8(14)15/h7,9-13,16-18H,1-6H2,(H,14,15)/t7-,9-,10+,11+,12+/m1/s1. The number of ether oxygens (including phenoxy) is 2. The van der Waals surface area contributed by atoms with E-state index in [2.05, 4.69) is 0 Å². The first kappa shape index (κ1) is 17.3. The predicted molar refractivity (Wildman–Crippen MR) is 65.8 cm³/mol. The van der Waals surface area contributed by atoms with Crippen LogP contribution in [0.4, 0.5) is 0 Å². The van der Waals surface area contributed by atoms with Gasteiger partial charge in [-0.25, -0.2) is 0 Å². The van der Waals surface area contributed by atoms with Crippen molar-refractivity contribution in [2.24, 2.45) is 0 Å². The first-order chi connectivity index (χ1) is 9.47. The van der Waals surface area contributed by atoms with E-state index in [4.69, 9.17) is 19.7 Å². The quantitative estimate of drug-likeness (QED) is 0.339. The molecule has 20 heavy (non-hydrogen) atoms. The summed E-state index contributed by atoms with van der Waals surface area (Å²) in [7, 11) is 0. The van der Waals surface area contributed by atoms with Crippen LogP contribution in [-0.4, -0.2) is 75.4 Å². The Bertz CT molecular complexity index is 295. The van der Waals surface area contributed by atoms with Gasteiger partial charge in [0.25, 0.3) is 0 Å². The molecule has 0 aromatic carbocycles. The van der Waals surface area contributed by atoms with Crippen molar-refractivity contribution in [1.29, 1.82) is 0 Å². The van der Waals surface area contributed by atoms with Gasteiger partial charge >= 0.3 is 5.97 Å². The summed E-state index contributed by atoms with van der Waals surface area (Å²) in [5.74, 6) is -0.847. The molecule has 8 heteroatoms. The fourth-order valence-electron chi connectivity index (χ4n) is 1.96. The molecule has 0 spiro atoms. The van der Waals surface area contributed by atoms with Crippen molar-refractivity contribution < 1.29 is 39.8 Å². The number of carbonyl (C=O) groups is 1. The van der Waals surface area contributed by atoms with E-state index in [1.165, 1.54) is 0 Å². The van der Waals surface area contributed by atoms with Crippen LogP contribution in [0.25, 0.3) is 0 Å². The lowest BCUT2D eigenvalue weighted by atomic mass is 9.99. The second-order valence-corrected chi connectivity index (χ2v) is 4.77. The lowest BCUT2D eigenvalue weighted by Crippen LogP contribution is -2.59. The first-order valence-electron chi connectivity index (χ1n) is 6.61. The molecule has 0 radical (unpaired) electrons. The van der Waals surface area contributed by atoms with Gasteiger partial charge in [0.1, 0.15) is 24.4 Å². The summed E-state index contributed by atoms with van der Waals surface area (Å²) in [6.07, 6.45) is -4.47. The topological polar surface area (TPSA) is 137 Å². The Morgan fingerprint density at radius 3 is 2.35 bits per heavy atom. The van der Waals surface area contributed by atoms with Gasteiger partial charge in [-0.15, -0.1) is 0 Å². The highest BCUT2D eigenvalue weighted by molar-refractivity contribution is 5.66. The minimum Gasteiger partial charge on any atom is -0.481 e. The van der Waals surface area contributed by atoms with Gasteiger partial charge in [-0.1, -0.05) is 6.42 Å². The molecule has 5 atom stereocenters. The molecule has 0 saturated carbocycles. The molecular formula is C12H22O8. The number of rotatable bonds is 8. The third-order valence-electron chi connectivity index (χ3n) is 3.17. The van der Waals surface area contributed by atoms with Crippen molar-refractivity contribution in [1.82, 2.24) is 0 Å². The zero-order valence-electron chi connectivity index (χ0n) is 11.1. The Kier molecular flexibility index (Phi) is 7.35. The highest BCUT2D eigenvalue weighted by Gasteiger charge is 2.43. The summed E-state index contributed by atoms with van der Waals surface area (Å²) in [5, 5.41) is 46.2. The van der Waals surface area contributed by atoms with E-state index in [0.29, 0.717) is 19.3 Å². The molecule has 1 heterocycles. The summed E-state index contributed by atoms with van der Waals surface area (Å²) < 4.78 is 10.4. The van der Waals surface area contributed by atoms with E-state index in [-0.39, 0.29) is 13.0 Å². The lowest BCUT2D eigenvalue weighted by Gasteiger charge is -2.39. The maximum atomic E-state index is 10.3. The molecule has 8 nitrogen and oxygen atoms in total. The summed E-state index contributed by atoms with van der Waals surface area (Å²) in [4.78, 5) is 10.3. The Hall–Kier alpha value is -0.770. The average molecular weight is 294 g/mol. The zero-order valence-corrected chi connectivity index (χ0v) is 11.1. The molecule has 5 N–H and O–H groups in total. The molecule has 1 aliphatic heterocycles. The molecule has 0 aromatic rings. The Morgan fingerprint density at radius 1 is 1.05 bits per heavy atom. The van der Waals surface area contributed by atoms with Crippen molar-refractivity contribution in [3.8, 4) is 0 Å². The molecule has 0 unspecified atom stereocenters. The molecule has 1 aliphatic rings. The fraction of sp³-hybridized carbons (Fsp3) is 0.917. The SMILES string of the molecule is O=C(O)CCCCCO[C@H]1O[C@H](CO)[C@@H](O)[C@H](O)[C@@H]1O. The average Bonchev–Trinajstić information content (AvgIpc) is 2.42. The van der Waals surface area contributed by atoms with Crippen LogP contribution in [0.2, 0.25) is 0 Å². The van der Waals surface area contributed by atoms with E-state index < -0.39 is 43.3 Å². The number of aliphatic hydroxyl groups is 4. The van der Waals surface area contributed by atoms with Crippen molar-refractivity contribution in [3.63, 3.8) is 0 Å². The van der Waals surface area contributed by atoms with Crippen molar-refractivity contribution in [3.05, 3.63) is 0 Å². The van der Waals surface area contributed by atoms with Gasteiger partial charge < -0.3 is 35.0 Å². The van der Waals surface area contributed by atoms with Crippen molar-refractivity contribution in [2.45, 2.75) is 56.4 Å². The van der Waals surface area contributed by atoms with Crippen LogP contribution in [0.1, 0.15) is 25.7 Å². The fourth-order valence-corrected chi connectivity index (χ4v) is 1.96. The Balaban J connectivity index is 2.26. The number of unbranched alkanes of at least 4 members (excludes halogenated alkanes) is 2. The summed E-state index contributed by atoms with van der Waals surface area (Å²) in [6, 6.07) is 0. The molecule has 0 aliphatic carbocycles. The smallest absolute Gasteiger partial charge is 0.303 e. The second-order valence-electron chi connectivity index (χ2n) is 4.77. The Labute approximate surface area is 116 Å². The van der Waals surface area contributed by atoms with Gasteiger partial charge in [0, 0.05) is 13.0 Å². The number of aliphatic carboxylic acids is 1. The van der Waals surface area contributed by atoms with Gasteiger partial charge in [0.15, 0.2) is 6.29 Å². The van der Waals surface area contributed by atoms with E-state index in [0.717, 1.165) is 0 Å². The normalized spacial score (nSPS) is 34.1. The zero-order chi connectivity index (χ0) is 15.1. The molecule has 1 saturated heterocycles. The van der Waals surface area contributed by atoms with E-state index in [1.807, 2.05) is 0 Å². The maximum Gasteiger partial charge on any atom is 0.303 e. The van der Waals surface area contributed by atoms with Crippen LogP contribution >= 0.6 is 0 Å². The van der Waals surface area contributed by atoms with Crippen molar-refractivity contribution in [2.75, 3.05) is 13.2 Å². The van der Waals surface area contributed by atoms with Crippen LogP contribution in [0.3, 0.4) is 0 Å². The third-order valence-corrected chi connectivity index (χ3v) is 3.17. The first-order valence-corrected chi connectivity index (χ1v) is 6.61. The second kappa shape index (κ2) is 8.50. The van der Waals surface area contributed by atoms with Crippen LogP contribution in [-0.2, 0) is 14.3 Å². The largest absolute Gasteiger partial charge is 0.481 e. The summed E-state index contributed by atoms with van der Waals surface area (Å²) in [5.41, 5.74) is 0. The number of carboxylic acids is 1. The van der Waals surface area contributed by atoms with Gasteiger partial charge in [0.05, 0.1) is 6.61 Å². The van der Waals surface area contributed by atoms with E-state index in [9.17, 15) is 20.1 Å². The predicted octanol–water partition coefficient (Wildman–Crippen LogP) is -1.55. The van der Waals surface area contributed by atoms with E-state index >= 15 is 0 Å². The van der Waals surface area contributed by atoms with Crippen LogP contribution < -0.4 is 0 Å². The van der Waals surface area contributed by atoms with Crippen molar-refractivity contribution >= 4 is 5.97 Å². The highest BCUT2D eigenvalue weighted by atomic mass is 16.7. The van der Waals surface area contributed by atoms with Crippen LogP contribution in [0.5, 0.6) is 0 Å². The summed E-state index contributed by atoms with van der Waals surface area (Å²) in [6.45, 7) is -0.272. The van der Waals surface area contributed by atoms with E-state index in [1.54, 1.807) is 0 Å². The molecule has 1 fully saturated rings. The minimum atomic E-state index is -1.45. The molecule has 0 aromatic heterocycles.